The molecule has 0 saturated heterocycles. The fourth-order valence-electron chi connectivity index (χ4n) is 1.01. The molecule has 0 rings (SSSR count). The third-order valence-corrected chi connectivity index (χ3v) is 4.37. The lowest BCUT2D eigenvalue weighted by Crippen LogP contribution is -2.13. The first-order chi connectivity index (χ1) is 6.58. The molecule has 0 aliphatic heterocycles. The van der Waals surface area contributed by atoms with Crippen LogP contribution in [0, 0.1) is 0 Å². The minimum Gasteiger partial charge on any atom is -0.394 e. The van der Waals surface area contributed by atoms with E-state index < -0.39 is 7.37 Å². The second-order valence-corrected chi connectivity index (χ2v) is 6.13. The molecule has 3 nitrogen and oxygen atoms in total. The quantitative estimate of drug-likeness (QED) is 0.530. The summed E-state index contributed by atoms with van der Waals surface area (Å²) in [4.78, 5) is 0. The van der Waals surface area contributed by atoms with E-state index in [0.29, 0.717) is 12.3 Å². The minimum atomic E-state index is -2.55. The third-order valence-electron chi connectivity index (χ3n) is 1.90. The Kier molecular flexibility index (Phi) is 7.16. The summed E-state index contributed by atoms with van der Waals surface area (Å²) in [6, 6.07) is 0. The minimum absolute atomic E-state index is 0.0819. The van der Waals surface area contributed by atoms with Crippen molar-refractivity contribution in [1.82, 2.24) is 0 Å². The summed E-state index contributed by atoms with van der Waals surface area (Å²) in [5, 5.41) is 8.80. The summed E-state index contributed by atoms with van der Waals surface area (Å²) >= 11 is 0. The number of aliphatic hydroxyl groups excluding tert-OH is 1. The molecule has 0 bridgehead atoms. The number of aliphatic hydroxyl groups is 1. The molecule has 0 saturated carbocycles. The molecule has 0 aliphatic rings. The molecule has 84 valence electrons. The second kappa shape index (κ2) is 7.22. The zero-order chi connectivity index (χ0) is 11.0. The lowest BCUT2D eigenvalue weighted by molar-refractivity contribution is 0.132. The van der Waals surface area contributed by atoms with Gasteiger partial charge in [0.15, 0.2) is 0 Å². The van der Waals surface area contributed by atoms with E-state index in [1.165, 1.54) is 0 Å². The Bertz CT molecular complexity index is 213. The van der Waals surface area contributed by atoms with Gasteiger partial charge in [-0.15, -0.1) is 0 Å². The van der Waals surface area contributed by atoms with E-state index in [-0.39, 0.29) is 12.7 Å². The van der Waals surface area contributed by atoms with E-state index in [1.807, 2.05) is 26.0 Å². The molecule has 0 aromatic heterocycles. The standard InChI is InChI=1S/C10H21O3P/c1-4-6-7-8-14(12,5-2)13-10(3)9-11/h6-7,10-11H,4-5,8-9H2,1-3H3. The van der Waals surface area contributed by atoms with Gasteiger partial charge in [-0.05, 0) is 13.3 Å². The van der Waals surface area contributed by atoms with Crippen LogP contribution < -0.4 is 0 Å². The van der Waals surface area contributed by atoms with Crippen LogP contribution in [0.1, 0.15) is 27.2 Å². The largest absolute Gasteiger partial charge is 0.394 e. The summed E-state index contributed by atoms with van der Waals surface area (Å²) in [7, 11) is -2.55. The van der Waals surface area contributed by atoms with Crippen molar-refractivity contribution in [2.75, 3.05) is 18.9 Å². The molecule has 0 aromatic rings. The maximum Gasteiger partial charge on any atom is 0.206 e. The molecule has 2 unspecified atom stereocenters. The average molecular weight is 220 g/mol. The van der Waals surface area contributed by atoms with E-state index >= 15 is 0 Å². The summed E-state index contributed by atoms with van der Waals surface area (Å²) in [6.45, 7) is 5.53. The molecule has 0 heterocycles. The summed E-state index contributed by atoms with van der Waals surface area (Å²) in [5.74, 6) is 0. The van der Waals surface area contributed by atoms with E-state index in [4.69, 9.17) is 9.63 Å². The van der Waals surface area contributed by atoms with Gasteiger partial charge < -0.3 is 9.63 Å². The van der Waals surface area contributed by atoms with Crippen molar-refractivity contribution in [3.63, 3.8) is 0 Å². The van der Waals surface area contributed by atoms with Gasteiger partial charge in [0.2, 0.25) is 7.37 Å². The monoisotopic (exact) mass is 220 g/mol. The van der Waals surface area contributed by atoms with Crippen LogP contribution in [-0.2, 0) is 9.09 Å². The Morgan fingerprint density at radius 1 is 1.43 bits per heavy atom. The van der Waals surface area contributed by atoms with E-state index in [9.17, 15) is 4.57 Å². The second-order valence-electron chi connectivity index (χ2n) is 3.29. The van der Waals surface area contributed by atoms with Gasteiger partial charge in [-0.1, -0.05) is 26.0 Å². The Labute approximate surface area is 86.6 Å². The molecule has 4 heteroatoms. The van der Waals surface area contributed by atoms with Gasteiger partial charge in [0.25, 0.3) is 0 Å². The molecule has 2 atom stereocenters. The molecule has 0 fully saturated rings. The first-order valence-corrected chi connectivity index (χ1v) is 7.09. The zero-order valence-corrected chi connectivity index (χ0v) is 10.2. The maximum atomic E-state index is 12.0. The molecule has 0 aromatic carbocycles. The molecule has 0 aliphatic carbocycles. The topological polar surface area (TPSA) is 46.5 Å². The highest BCUT2D eigenvalue weighted by Crippen LogP contribution is 2.47. The predicted molar refractivity (Wildman–Crippen MR) is 60.1 cm³/mol. The molecule has 0 spiro atoms. The van der Waals surface area contributed by atoms with Crippen molar-refractivity contribution >= 4 is 7.37 Å². The van der Waals surface area contributed by atoms with E-state index in [0.717, 1.165) is 6.42 Å². The van der Waals surface area contributed by atoms with Crippen molar-refractivity contribution in [2.45, 2.75) is 33.3 Å². The van der Waals surface area contributed by atoms with Gasteiger partial charge in [-0.3, -0.25) is 4.57 Å². The van der Waals surface area contributed by atoms with E-state index in [1.54, 1.807) is 6.92 Å². The van der Waals surface area contributed by atoms with Crippen molar-refractivity contribution in [1.29, 1.82) is 0 Å². The van der Waals surface area contributed by atoms with Gasteiger partial charge in [-0.2, -0.15) is 0 Å². The molecular formula is C10H21O3P. The van der Waals surface area contributed by atoms with Gasteiger partial charge in [-0.25, -0.2) is 0 Å². The molecule has 1 N–H and O–H groups in total. The van der Waals surface area contributed by atoms with Crippen LogP contribution in [0.15, 0.2) is 12.2 Å². The number of hydrogen-bond donors (Lipinski definition) is 1. The van der Waals surface area contributed by atoms with Crippen LogP contribution in [-0.4, -0.2) is 30.1 Å². The average Bonchev–Trinajstić information content (AvgIpc) is 2.18. The fourth-order valence-corrected chi connectivity index (χ4v) is 2.70. The molecule has 14 heavy (non-hydrogen) atoms. The Hall–Kier alpha value is -0.110. The van der Waals surface area contributed by atoms with Gasteiger partial charge in [0, 0.05) is 12.3 Å². The molecule has 0 radical (unpaired) electrons. The first-order valence-electron chi connectivity index (χ1n) is 5.10. The zero-order valence-electron chi connectivity index (χ0n) is 9.27. The van der Waals surface area contributed by atoms with Crippen LogP contribution in [0.2, 0.25) is 0 Å². The van der Waals surface area contributed by atoms with Crippen LogP contribution in [0.3, 0.4) is 0 Å². The van der Waals surface area contributed by atoms with Gasteiger partial charge in [0.05, 0.1) is 12.7 Å². The van der Waals surface area contributed by atoms with Crippen LogP contribution >= 0.6 is 7.37 Å². The summed E-state index contributed by atoms with van der Waals surface area (Å²) < 4.78 is 17.4. The van der Waals surface area contributed by atoms with Crippen LogP contribution in [0.4, 0.5) is 0 Å². The number of hydrogen-bond acceptors (Lipinski definition) is 3. The predicted octanol–water partition coefficient (Wildman–Crippen LogP) is 2.65. The highest BCUT2D eigenvalue weighted by molar-refractivity contribution is 7.59. The fraction of sp³-hybridized carbons (Fsp3) is 0.800. The van der Waals surface area contributed by atoms with Crippen LogP contribution in [0.5, 0.6) is 0 Å². The van der Waals surface area contributed by atoms with Crippen LogP contribution in [0.25, 0.3) is 0 Å². The van der Waals surface area contributed by atoms with Crippen molar-refractivity contribution in [2.24, 2.45) is 0 Å². The number of rotatable bonds is 7. The van der Waals surface area contributed by atoms with Crippen molar-refractivity contribution in [3.8, 4) is 0 Å². The molecule has 0 amide bonds. The van der Waals surface area contributed by atoms with Crippen molar-refractivity contribution < 1.29 is 14.2 Å². The maximum absolute atomic E-state index is 12.0. The molecular weight excluding hydrogens is 199 g/mol. The Morgan fingerprint density at radius 2 is 2.07 bits per heavy atom. The smallest absolute Gasteiger partial charge is 0.206 e. The lowest BCUT2D eigenvalue weighted by Gasteiger charge is -2.19. The Morgan fingerprint density at radius 3 is 2.50 bits per heavy atom. The summed E-state index contributed by atoms with van der Waals surface area (Å²) in [6.07, 6.45) is 5.48. The van der Waals surface area contributed by atoms with Gasteiger partial charge >= 0.3 is 0 Å². The van der Waals surface area contributed by atoms with Gasteiger partial charge in [0.1, 0.15) is 0 Å². The lowest BCUT2D eigenvalue weighted by atomic mass is 10.4. The number of allylic oxidation sites excluding steroid dienone is 2. The highest BCUT2D eigenvalue weighted by Gasteiger charge is 2.21. The first kappa shape index (κ1) is 13.9. The third kappa shape index (κ3) is 5.58. The SMILES string of the molecule is CCC=CCP(=O)(CC)OC(C)CO. The van der Waals surface area contributed by atoms with E-state index in [2.05, 4.69) is 0 Å². The highest BCUT2D eigenvalue weighted by atomic mass is 31.2. The normalized spacial score (nSPS) is 18.3. The van der Waals surface area contributed by atoms with Crippen molar-refractivity contribution in [3.05, 3.63) is 12.2 Å². The Balaban J connectivity index is 4.18. The summed E-state index contributed by atoms with van der Waals surface area (Å²) in [5.41, 5.74) is 0.